The van der Waals surface area contributed by atoms with Gasteiger partial charge in [-0.05, 0) is 50.8 Å². The second-order valence-corrected chi connectivity index (χ2v) is 6.79. The quantitative estimate of drug-likeness (QED) is 0.619. The SMILES string of the molecule is CC(C)Oc1ccc(CCC(=O)NC2CCCCCC2)cc1N. The fourth-order valence-electron chi connectivity index (χ4n) is 3.10. The lowest BCUT2D eigenvalue weighted by Gasteiger charge is -2.16. The van der Waals surface area contributed by atoms with Crippen LogP contribution in [0, 0.1) is 0 Å². The van der Waals surface area contributed by atoms with Crippen molar-refractivity contribution in [2.75, 3.05) is 5.73 Å². The molecule has 23 heavy (non-hydrogen) atoms. The van der Waals surface area contributed by atoms with E-state index in [2.05, 4.69) is 5.32 Å². The zero-order valence-electron chi connectivity index (χ0n) is 14.4. The second kappa shape index (κ2) is 8.80. The summed E-state index contributed by atoms with van der Waals surface area (Å²) in [5, 5.41) is 3.19. The molecule has 4 nitrogen and oxygen atoms in total. The molecule has 1 aliphatic rings. The number of nitrogens with one attached hydrogen (secondary N) is 1. The van der Waals surface area contributed by atoms with Crippen LogP contribution in [0.4, 0.5) is 5.69 Å². The number of hydrogen-bond donors (Lipinski definition) is 2. The second-order valence-electron chi connectivity index (χ2n) is 6.79. The van der Waals surface area contributed by atoms with Crippen LogP contribution >= 0.6 is 0 Å². The first-order chi connectivity index (χ1) is 11.0. The van der Waals surface area contributed by atoms with Crippen molar-refractivity contribution in [3.63, 3.8) is 0 Å². The standard InChI is InChI=1S/C19H30N2O2/c1-14(2)23-18-11-9-15(13-17(18)20)10-12-19(22)21-16-7-5-3-4-6-8-16/h9,11,13-14,16H,3-8,10,12,20H2,1-2H3,(H,21,22). The molecule has 1 saturated carbocycles. The molecule has 1 aromatic carbocycles. The van der Waals surface area contributed by atoms with Gasteiger partial charge in [0.15, 0.2) is 0 Å². The van der Waals surface area contributed by atoms with E-state index in [0.29, 0.717) is 30.3 Å². The third-order valence-corrected chi connectivity index (χ3v) is 4.30. The molecule has 0 unspecified atom stereocenters. The molecule has 1 fully saturated rings. The maximum Gasteiger partial charge on any atom is 0.220 e. The summed E-state index contributed by atoms with van der Waals surface area (Å²) >= 11 is 0. The summed E-state index contributed by atoms with van der Waals surface area (Å²) in [5.74, 6) is 0.865. The minimum atomic E-state index is 0.105. The van der Waals surface area contributed by atoms with Gasteiger partial charge in [-0.2, -0.15) is 0 Å². The molecule has 0 atom stereocenters. The van der Waals surface area contributed by atoms with E-state index in [9.17, 15) is 4.79 Å². The number of anilines is 1. The molecule has 1 aliphatic carbocycles. The van der Waals surface area contributed by atoms with Gasteiger partial charge in [0, 0.05) is 12.5 Å². The highest BCUT2D eigenvalue weighted by molar-refractivity contribution is 5.76. The van der Waals surface area contributed by atoms with E-state index in [1.807, 2.05) is 32.0 Å². The van der Waals surface area contributed by atoms with Gasteiger partial charge in [0.05, 0.1) is 11.8 Å². The number of amides is 1. The van der Waals surface area contributed by atoms with Gasteiger partial charge < -0.3 is 15.8 Å². The highest BCUT2D eigenvalue weighted by Gasteiger charge is 2.14. The minimum Gasteiger partial charge on any atom is -0.489 e. The van der Waals surface area contributed by atoms with Crippen LogP contribution in [0.25, 0.3) is 0 Å². The van der Waals surface area contributed by atoms with Gasteiger partial charge in [-0.3, -0.25) is 4.79 Å². The molecule has 128 valence electrons. The Morgan fingerprint density at radius 1 is 1.26 bits per heavy atom. The van der Waals surface area contributed by atoms with Crippen molar-refractivity contribution >= 4 is 11.6 Å². The largest absolute Gasteiger partial charge is 0.489 e. The zero-order valence-corrected chi connectivity index (χ0v) is 14.4. The van der Waals surface area contributed by atoms with E-state index >= 15 is 0 Å². The molecule has 0 aromatic heterocycles. The van der Waals surface area contributed by atoms with Crippen LogP contribution in [0.5, 0.6) is 5.75 Å². The predicted octanol–water partition coefficient (Wildman–Crippen LogP) is 3.83. The van der Waals surface area contributed by atoms with Gasteiger partial charge in [-0.25, -0.2) is 0 Å². The smallest absolute Gasteiger partial charge is 0.220 e. The van der Waals surface area contributed by atoms with Crippen LogP contribution in [0.15, 0.2) is 18.2 Å². The molecule has 0 bridgehead atoms. The van der Waals surface area contributed by atoms with Gasteiger partial charge in [-0.15, -0.1) is 0 Å². The van der Waals surface area contributed by atoms with Crippen molar-refractivity contribution < 1.29 is 9.53 Å². The van der Waals surface area contributed by atoms with Gasteiger partial charge in [0.2, 0.25) is 5.91 Å². The Bertz CT molecular complexity index is 506. The molecule has 0 aliphatic heterocycles. The molecule has 4 heteroatoms. The van der Waals surface area contributed by atoms with Crippen LogP contribution < -0.4 is 15.8 Å². The van der Waals surface area contributed by atoms with Gasteiger partial charge in [-0.1, -0.05) is 31.7 Å². The number of nitrogen functional groups attached to an aromatic ring is 1. The molecular weight excluding hydrogens is 288 g/mol. The predicted molar refractivity (Wildman–Crippen MR) is 94.6 cm³/mol. The Morgan fingerprint density at radius 2 is 1.96 bits per heavy atom. The van der Waals surface area contributed by atoms with Crippen molar-refractivity contribution in [2.24, 2.45) is 0 Å². The molecule has 2 rings (SSSR count). The minimum absolute atomic E-state index is 0.105. The van der Waals surface area contributed by atoms with E-state index in [1.54, 1.807) is 0 Å². The Kier molecular flexibility index (Phi) is 6.75. The highest BCUT2D eigenvalue weighted by Crippen LogP contribution is 2.24. The third kappa shape index (κ3) is 6.12. The van der Waals surface area contributed by atoms with E-state index < -0.39 is 0 Å². The highest BCUT2D eigenvalue weighted by atomic mass is 16.5. The topological polar surface area (TPSA) is 64.3 Å². The van der Waals surface area contributed by atoms with E-state index in [-0.39, 0.29) is 12.0 Å². The maximum atomic E-state index is 12.1. The molecule has 0 radical (unpaired) electrons. The first-order valence-electron chi connectivity index (χ1n) is 8.89. The van der Waals surface area contributed by atoms with Gasteiger partial charge in [0.25, 0.3) is 0 Å². The number of hydrogen-bond acceptors (Lipinski definition) is 3. The Balaban J connectivity index is 1.80. The van der Waals surface area contributed by atoms with Crippen LogP contribution in [-0.2, 0) is 11.2 Å². The normalized spacial score (nSPS) is 16.1. The van der Waals surface area contributed by atoms with Crippen LogP contribution in [0.1, 0.15) is 64.4 Å². The summed E-state index contributed by atoms with van der Waals surface area (Å²) in [7, 11) is 0. The Labute approximate surface area is 139 Å². The summed E-state index contributed by atoms with van der Waals surface area (Å²) in [6.45, 7) is 3.95. The average Bonchev–Trinajstić information content (AvgIpc) is 2.76. The lowest BCUT2D eigenvalue weighted by molar-refractivity contribution is -0.121. The third-order valence-electron chi connectivity index (χ3n) is 4.30. The summed E-state index contributed by atoms with van der Waals surface area (Å²) in [4.78, 5) is 12.1. The van der Waals surface area contributed by atoms with Crippen molar-refractivity contribution in [1.29, 1.82) is 0 Å². The first-order valence-corrected chi connectivity index (χ1v) is 8.89. The fraction of sp³-hybridized carbons (Fsp3) is 0.632. The summed E-state index contributed by atoms with van der Waals surface area (Å²) < 4.78 is 5.63. The zero-order chi connectivity index (χ0) is 16.7. The number of benzene rings is 1. The molecule has 0 heterocycles. The van der Waals surface area contributed by atoms with E-state index in [0.717, 1.165) is 18.4 Å². The number of rotatable bonds is 6. The van der Waals surface area contributed by atoms with Gasteiger partial charge >= 0.3 is 0 Å². The number of aryl methyl sites for hydroxylation is 1. The van der Waals surface area contributed by atoms with Crippen molar-refractivity contribution in [1.82, 2.24) is 5.32 Å². The monoisotopic (exact) mass is 318 g/mol. The number of ether oxygens (including phenoxy) is 1. The molecule has 0 spiro atoms. The Hall–Kier alpha value is -1.71. The van der Waals surface area contributed by atoms with Crippen LogP contribution in [0.2, 0.25) is 0 Å². The van der Waals surface area contributed by atoms with E-state index in [4.69, 9.17) is 10.5 Å². The lowest BCUT2D eigenvalue weighted by Crippen LogP contribution is -2.34. The van der Waals surface area contributed by atoms with Crippen molar-refractivity contribution in [3.05, 3.63) is 23.8 Å². The summed E-state index contributed by atoms with van der Waals surface area (Å²) in [5.41, 5.74) is 7.73. The average molecular weight is 318 g/mol. The van der Waals surface area contributed by atoms with Crippen molar-refractivity contribution in [2.45, 2.75) is 77.4 Å². The fourth-order valence-corrected chi connectivity index (χ4v) is 3.10. The lowest BCUT2D eigenvalue weighted by atomic mass is 10.1. The van der Waals surface area contributed by atoms with Crippen molar-refractivity contribution in [3.8, 4) is 5.75 Å². The van der Waals surface area contributed by atoms with Crippen LogP contribution in [0.3, 0.4) is 0 Å². The summed E-state index contributed by atoms with van der Waals surface area (Å²) in [6, 6.07) is 6.18. The molecule has 0 saturated heterocycles. The number of carbonyl (C=O) groups excluding carboxylic acids is 1. The molecule has 3 N–H and O–H groups in total. The maximum absolute atomic E-state index is 12.1. The van der Waals surface area contributed by atoms with Crippen LogP contribution in [-0.4, -0.2) is 18.1 Å². The molecular formula is C19H30N2O2. The Morgan fingerprint density at radius 3 is 2.57 bits per heavy atom. The molecule has 1 aromatic rings. The summed E-state index contributed by atoms with van der Waals surface area (Å²) in [6.07, 6.45) is 8.66. The number of carbonyl (C=O) groups is 1. The van der Waals surface area contributed by atoms with Gasteiger partial charge in [0.1, 0.15) is 5.75 Å². The first kappa shape index (κ1) is 17.6. The number of nitrogens with two attached hydrogens (primary N) is 1. The molecule has 1 amide bonds. The van der Waals surface area contributed by atoms with E-state index in [1.165, 1.54) is 25.7 Å².